The highest BCUT2D eigenvalue weighted by Crippen LogP contribution is 2.27. The first kappa shape index (κ1) is 15.8. The summed E-state index contributed by atoms with van der Waals surface area (Å²) in [4.78, 5) is 0. The smallest absolute Gasteiger partial charge is 0.161 e. The van der Waals surface area contributed by atoms with Crippen molar-refractivity contribution in [1.29, 1.82) is 0 Å². The van der Waals surface area contributed by atoms with Gasteiger partial charge in [0, 0.05) is 13.7 Å². The van der Waals surface area contributed by atoms with Gasteiger partial charge >= 0.3 is 0 Å². The molecule has 19 heavy (non-hydrogen) atoms. The monoisotopic (exact) mass is 267 g/mol. The summed E-state index contributed by atoms with van der Waals surface area (Å²) in [5.74, 6) is 1.52. The molecule has 0 aliphatic rings. The minimum atomic E-state index is -0.0788. The van der Waals surface area contributed by atoms with E-state index in [1.165, 1.54) is 5.56 Å². The average molecular weight is 267 g/mol. The van der Waals surface area contributed by atoms with Crippen molar-refractivity contribution in [2.45, 2.75) is 32.4 Å². The van der Waals surface area contributed by atoms with E-state index in [0.29, 0.717) is 0 Å². The van der Waals surface area contributed by atoms with Crippen molar-refractivity contribution in [3.63, 3.8) is 0 Å². The van der Waals surface area contributed by atoms with Gasteiger partial charge in [-0.25, -0.2) is 0 Å². The number of methoxy groups -OCH3 is 3. The Labute approximate surface area is 116 Å². The van der Waals surface area contributed by atoms with Crippen LogP contribution in [0.5, 0.6) is 11.5 Å². The van der Waals surface area contributed by atoms with Crippen molar-refractivity contribution in [3.05, 3.63) is 23.8 Å². The summed E-state index contributed by atoms with van der Waals surface area (Å²) in [7, 11) is 5.03. The van der Waals surface area contributed by atoms with Crippen LogP contribution < -0.4 is 14.8 Å². The molecular formula is C15H25NO3. The van der Waals surface area contributed by atoms with Crippen LogP contribution in [0, 0.1) is 0 Å². The molecule has 0 fully saturated rings. The SMILES string of the molecule is COc1ccc(CNCCC(C)(C)OC)cc1OC. The first-order valence-electron chi connectivity index (χ1n) is 6.49. The molecule has 0 aliphatic carbocycles. The Morgan fingerprint density at radius 1 is 1.05 bits per heavy atom. The van der Waals surface area contributed by atoms with E-state index in [0.717, 1.165) is 31.0 Å². The maximum Gasteiger partial charge on any atom is 0.161 e. The highest BCUT2D eigenvalue weighted by molar-refractivity contribution is 5.42. The molecule has 1 aromatic rings. The normalized spacial score (nSPS) is 11.4. The van der Waals surface area contributed by atoms with Crippen molar-refractivity contribution in [2.75, 3.05) is 27.9 Å². The van der Waals surface area contributed by atoms with Crippen LogP contribution >= 0.6 is 0 Å². The second-order valence-corrected chi connectivity index (χ2v) is 5.08. The zero-order valence-corrected chi connectivity index (χ0v) is 12.6. The third-order valence-electron chi connectivity index (χ3n) is 3.23. The Morgan fingerprint density at radius 2 is 1.74 bits per heavy atom. The Hall–Kier alpha value is -1.26. The Bertz CT molecular complexity index is 391. The fraction of sp³-hybridized carbons (Fsp3) is 0.600. The molecule has 0 amide bonds. The zero-order valence-electron chi connectivity index (χ0n) is 12.6. The summed E-state index contributed by atoms with van der Waals surface area (Å²) in [6.45, 7) is 5.89. The van der Waals surface area contributed by atoms with Crippen molar-refractivity contribution in [2.24, 2.45) is 0 Å². The number of nitrogens with one attached hydrogen (secondary N) is 1. The molecule has 4 heteroatoms. The van der Waals surface area contributed by atoms with E-state index >= 15 is 0 Å². The van der Waals surface area contributed by atoms with Crippen molar-refractivity contribution in [3.8, 4) is 11.5 Å². The van der Waals surface area contributed by atoms with Gasteiger partial charge in [-0.15, -0.1) is 0 Å². The van der Waals surface area contributed by atoms with Crippen LogP contribution in [0.3, 0.4) is 0 Å². The van der Waals surface area contributed by atoms with Gasteiger partial charge in [-0.1, -0.05) is 6.07 Å². The molecular weight excluding hydrogens is 242 g/mol. The van der Waals surface area contributed by atoms with Gasteiger partial charge in [0.15, 0.2) is 11.5 Å². The van der Waals surface area contributed by atoms with E-state index in [4.69, 9.17) is 14.2 Å². The average Bonchev–Trinajstić information content (AvgIpc) is 2.43. The fourth-order valence-corrected chi connectivity index (χ4v) is 1.71. The molecule has 0 aliphatic heterocycles. The number of hydrogen-bond acceptors (Lipinski definition) is 4. The molecule has 0 saturated heterocycles. The van der Waals surface area contributed by atoms with Gasteiger partial charge in [0.05, 0.1) is 19.8 Å². The zero-order chi connectivity index (χ0) is 14.3. The minimum Gasteiger partial charge on any atom is -0.493 e. The number of ether oxygens (including phenoxy) is 3. The summed E-state index contributed by atoms with van der Waals surface area (Å²) in [6, 6.07) is 5.96. The third-order valence-corrected chi connectivity index (χ3v) is 3.23. The van der Waals surface area contributed by atoms with E-state index < -0.39 is 0 Å². The van der Waals surface area contributed by atoms with Gasteiger partial charge in [0.1, 0.15) is 0 Å². The topological polar surface area (TPSA) is 39.7 Å². The van der Waals surface area contributed by atoms with E-state index in [1.54, 1.807) is 21.3 Å². The number of rotatable bonds is 8. The highest BCUT2D eigenvalue weighted by atomic mass is 16.5. The largest absolute Gasteiger partial charge is 0.493 e. The van der Waals surface area contributed by atoms with Crippen LogP contribution in [0.1, 0.15) is 25.8 Å². The summed E-state index contributed by atoms with van der Waals surface area (Å²) in [6.07, 6.45) is 0.969. The second-order valence-electron chi connectivity index (χ2n) is 5.08. The molecule has 1 rings (SSSR count). The molecule has 0 bridgehead atoms. The van der Waals surface area contributed by atoms with Crippen LogP contribution in [0.15, 0.2) is 18.2 Å². The van der Waals surface area contributed by atoms with Crippen LogP contribution in [0.4, 0.5) is 0 Å². The predicted octanol–water partition coefficient (Wildman–Crippen LogP) is 2.61. The van der Waals surface area contributed by atoms with Crippen LogP contribution in [0.25, 0.3) is 0 Å². The van der Waals surface area contributed by atoms with E-state index in [-0.39, 0.29) is 5.60 Å². The van der Waals surface area contributed by atoms with Crippen LogP contribution in [-0.2, 0) is 11.3 Å². The van der Waals surface area contributed by atoms with Gasteiger partial charge < -0.3 is 19.5 Å². The molecule has 0 unspecified atom stereocenters. The standard InChI is InChI=1S/C15H25NO3/c1-15(2,19-5)8-9-16-11-12-6-7-13(17-3)14(10-12)18-4/h6-7,10,16H,8-9,11H2,1-5H3. The molecule has 1 N–H and O–H groups in total. The van der Waals surface area contributed by atoms with Gasteiger partial charge in [0.2, 0.25) is 0 Å². The van der Waals surface area contributed by atoms with Crippen molar-refractivity contribution < 1.29 is 14.2 Å². The Balaban J connectivity index is 2.46. The van der Waals surface area contributed by atoms with E-state index in [1.807, 2.05) is 18.2 Å². The number of hydrogen-bond donors (Lipinski definition) is 1. The van der Waals surface area contributed by atoms with E-state index in [2.05, 4.69) is 19.2 Å². The predicted molar refractivity (Wildman–Crippen MR) is 77.0 cm³/mol. The Kier molecular flexibility index (Phi) is 6.12. The summed E-state index contributed by atoms with van der Waals surface area (Å²) < 4.78 is 15.9. The summed E-state index contributed by atoms with van der Waals surface area (Å²) >= 11 is 0. The quantitative estimate of drug-likeness (QED) is 0.735. The molecule has 0 saturated carbocycles. The Morgan fingerprint density at radius 3 is 2.32 bits per heavy atom. The van der Waals surface area contributed by atoms with Gasteiger partial charge in [-0.05, 0) is 44.5 Å². The molecule has 4 nitrogen and oxygen atoms in total. The molecule has 0 spiro atoms. The summed E-state index contributed by atoms with van der Waals surface area (Å²) in [5.41, 5.74) is 1.10. The van der Waals surface area contributed by atoms with E-state index in [9.17, 15) is 0 Å². The second kappa shape index (κ2) is 7.36. The third kappa shape index (κ3) is 5.09. The fourth-order valence-electron chi connectivity index (χ4n) is 1.71. The molecule has 1 aromatic carbocycles. The first-order valence-corrected chi connectivity index (χ1v) is 6.49. The lowest BCUT2D eigenvalue weighted by Gasteiger charge is -2.22. The maximum atomic E-state index is 5.38. The van der Waals surface area contributed by atoms with Gasteiger partial charge in [0.25, 0.3) is 0 Å². The number of benzene rings is 1. The highest BCUT2D eigenvalue weighted by Gasteiger charge is 2.15. The molecule has 0 aromatic heterocycles. The minimum absolute atomic E-state index is 0.0788. The van der Waals surface area contributed by atoms with Crippen LogP contribution in [-0.4, -0.2) is 33.5 Å². The summed E-state index contributed by atoms with van der Waals surface area (Å²) in [5, 5.41) is 3.40. The van der Waals surface area contributed by atoms with Gasteiger partial charge in [-0.2, -0.15) is 0 Å². The molecule has 0 atom stereocenters. The van der Waals surface area contributed by atoms with Crippen molar-refractivity contribution >= 4 is 0 Å². The molecule has 0 radical (unpaired) electrons. The maximum absolute atomic E-state index is 5.38. The molecule has 108 valence electrons. The lowest BCUT2D eigenvalue weighted by Crippen LogP contribution is -2.28. The first-order chi connectivity index (χ1) is 9.02. The molecule has 0 heterocycles. The van der Waals surface area contributed by atoms with Crippen LogP contribution in [0.2, 0.25) is 0 Å². The lowest BCUT2D eigenvalue weighted by molar-refractivity contribution is 0.0158. The van der Waals surface area contributed by atoms with Gasteiger partial charge in [-0.3, -0.25) is 0 Å². The van der Waals surface area contributed by atoms with Crippen molar-refractivity contribution in [1.82, 2.24) is 5.32 Å². The lowest BCUT2D eigenvalue weighted by atomic mass is 10.1.